The second kappa shape index (κ2) is 9.36. The van der Waals surface area contributed by atoms with Gasteiger partial charge in [0.1, 0.15) is 5.76 Å². The molecule has 0 radical (unpaired) electrons. The first-order valence-electron chi connectivity index (χ1n) is 8.29. The number of nitro benzene ring substituents is 1. The third kappa shape index (κ3) is 5.44. The zero-order valence-electron chi connectivity index (χ0n) is 14.4. The number of amides is 1. The van der Waals surface area contributed by atoms with Crippen molar-refractivity contribution >= 4 is 17.6 Å². The quantitative estimate of drug-likeness (QED) is 0.318. The maximum Gasteiger partial charge on any atom is 0.374 e. The van der Waals surface area contributed by atoms with E-state index in [0.29, 0.717) is 17.9 Å². The van der Waals surface area contributed by atoms with Crippen LogP contribution in [-0.4, -0.2) is 30.0 Å². The Hall–Kier alpha value is -3.16. The van der Waals surface area contributed by atoms with Crippen LogP contribution in [0.15, 0.2) is 40.8 Å². The molecule has 2 rings (SSSR count). The predicted molar refractivity (Wildman–Crippen MR) is 93.6 cm³/mol. The van der Waals surface area contributed by atoms with E-state index in [1.807, 2.05) is 0 Å². The summed E-state index contributed by atoms with van der Waals surface area (Å²) in [5, 5.41) is 13.3. The molecule has 0 aliphatic rings. The second-order valence-electron chi connectivity index (χ2n) is 5.60. The molecule has 26 heavy (non-hydrogen) atoms. The molecule has 0 saturated carbocycles. The molecule has 8 nitrogen and oxygen atoms in total. The van der Waals surface area contributed by atoms with Gasteiger partial charge in [-0.1, -0.05) is 19.8 Å². The summed E-state index contributed by atoms with van der Waals surface area (Å²) in [7, 11) is 0. The third-order valence-electron chi connectivity index (χ3n) is 3.61. The number of rotatable bonds is 9. The minimum atomic E-state index is -0.748. The largest absolute Gasteiger partial charge is 0.450 e. The molecule has 0 spiro atoms. The molecule has 1 amide bonds. The van der Waals surface area contributed by atoms with E-state index in [-0.39, 0.29) is 24.0 Å². The highest BCUT2D eigenvalue weighted by Crippen LogP contribution is 2.24. The lowest BCUT2D eigenvalue weighted by Gasteiger charge is -2.05. The van der Waals surface area contributed by atoms with Crippen LogP contribution in [0.25, 0.3) is 11.3 Å². The molecule has 0 aliphatic carbocycles. The maximum atomic E-state index is 11.9. The number of furan rings is 1. The molecule has 0 fully saturated rings. The molecule has 1 aromatic heterocycles. The van der Waals surface area contributed by atoms with Crippen LogP contribution in [-0.2, 0) is 9.53 Å². The number of esters is 1. The number of hydrogen-bond acceptors (Lipinski definition) is 6. The van der Waals surface area contributed by atoms with Crippen LogP contribution in [0.2, 0.25) is 0 Å². The van der Waals surface area contributed by atoms with Crippen molar-refractivity contribution in [2.75, 3.05) is 13.2 Å². The van der Waals surface area contributed by atoms with Gasteiger partial charge in [0.05, 0.1) is 4.92 Å². The summed E-state index contributed by atoms with van der Waals surface area (Å²) in [6, 6.07) is 8.73. The van der Waals surface area contributed by atoms with Crippen LogP contribution in [0.5, 0.6) is 0 Å². The Bertz CT molecular complexity index is 766. The monoisotopic (exact) mass is 360 g/mol. The number of hydrogen-bond donors (Lipinski definition) is 1. The van der Waals surface area contributed by atoms with Crippen LogP contribution in [0, 0.1) is 10.1 Å². The summed E-state index contributed by atoms with van der Waals surface area (Å²) in [5.41, 5.74) is 0.549. The van der Waals surface area contributed by atoms with Crippen molar-refractivity contribution in [3.63, 3.8) is 0 Å². The number of nitro groups is 1. The van der Waals surface area contributed by atoms with E-state index in [1.165, 1.54) is 30.3 Å². The summed E-state index contributed by atoms with van der Waals surface area (Å²) < 4.78 is 10.3. The average molecular weight is 360 g/mol. The Kier molecular flexibility index (Phi) is 6.90. The van der Waals surface area contributed by atoms with Crippen molar-refractivity contribution < 1.29 is 23.7 Å². The van der Waals surface area contributed by atoms with Gasteiger partial charge < -0.3 is 14.5 Å². The van der Waals surface area contributed by atoms with Crippen molar-refractivity contribution in [3.05, 3.63) is 52.3 Å². The fourth-order valence-electron chi connectivity index (χ4n) is 2.21. The summed E-state index contributed by atoms with van der Waals surface area (Å²) in [5.74, 6) is -0.786. The maximum absolute atomic E-state index is 11.9. The first-order chi connectivity index (χ1) is 12.5. The third-order valence-corrected chi connectivity index (χ3v) is 3.61. The molecular weight excluding hydrogens is 340 g/mol. The Labute approximate surface area is 150 Å². The highest BCUT2D eigenvalue weighted by Gasteiger charge is 2.16. The van der Waals surface area contributed by atoms with Crippen molar-refractivity contribution in [1.82, 2.24) is 5.32 Å². The van der Waals surface area contributed by atoms with Crippen LogP contribution < -0.4 is 5.32 Å². The number of nitrogens with one attached hydrogen (secondary N) is 1. The summed E-state index contributed by atoms with van der Waals surface area (Å²) in [6.07, 6.45) is 2.96. The summed E-state index contributed by atoms with van der Waals surface area (Å²) in [6.45, 7) is 2.24. The standard InChI is InChI=1S/C18H20N2O6/c1-2-3-4-11-19-17(21)12-25-18(22)16-10-9-15(26-16)13-5-7-14(8-6-13)20(23)24/h5-10H,2-4,11-12H2,1H3,(H,19,21). The first kappa shape index (κ1) is 19.2. The van der Waals surface area contributed by atoms with E-state index in [1.54, 1.807) is 6.07 Å². The van der Waals surface area contributed by atoms with E-state index in [0.717, 1.165) is 19.3 Å². The van der Waals surface area contributed by atoms with Gasteiger partial charge in [-0.25, -0.2) is 4.79 Å². The molecule has 0 unspecified atom stereocenters. The first-order valence-corrected chi connectivity index (χ1v) is 8.29. The molecule has 1 N–H and O–H groups in total. The van der Waals surface area contributed by atoms with Gasteiger partial charge in [-0.05, 0) is 30.7 Å². The Morgan fingerprint density at radius 2 is 1.88 bits per heavy atom. The highest BCUT2D eigenvalue weighted by atomic mass is 16.6. The number of non-ortho nitro benzene ring substituents is 1. The van der Waals surface area contributed by atoms with E-state index < -0.39 is 10.9 Å². The molecule has 1 heterocycles. The second-order valence-corrected chi connectivity index (χ2v) is 5.60. The molecule has 0 aliphatic heterocycles. The van der Waals surface area contributed by atoms with E-state index in [9.17, 15) is 19.7 Å². The SMILES string of the molecule is CCCCCNC(=O)COC(=O)c1ccc(-c2ccc([N+](=O)[O-])cc2)o1. The predicted octanol–water partition coefficient (Wildman–Crippen LogP) is 3.32. The smallest absolute Gasteiger partial charge is 0.374 e. The summed E-state index contributed by atoms with van der Waals surface area (Å²) in [4.78, 5) is 33.7. The van der Waals surface area contributed by atoms with Crippen LogP contribution in [0.3, 0.4) is 0 Å². The number of unbranched alkanes of at least 4 members (excludes halogenated alkanes) is 2. The average Bonchev–Trinajstić information content (AvgIpc) is 3.13. The molecule has 8 heteroatoms. The number of ether oxygens (including phenoxy) is 1. The van der Waals surface area contributed by atoms with Gasteiger partial charge in [0.15, 0.2) is 6.61 Å². The molecule has 1 aromatic carbocycles. The Morgan fingerprint density at radius 3 is 2.54 bits per heavy atom. The number of nitrogens with zero attached hydrogens (tertiary/aromatic N) is 1. The molecule has 0 atom stereocenters. The number of carbonyl (C=O) groups is 2. The summed E-state index contributed by atoms with van der Waals surface area (Å²) >= 11 is 0. The molecule has 138 valence electrons. The Balaban J connectivity index is 1.87. The van der Waals surface area contributed by atoms with Crippen LogP contribution >= 0.6 is 0 Å². The normalized spacial score (nSPS) is 10.3. The van der Waals surface area contributed by atoms with Crippen LogP contribution in [0.4, 0.5) is 5.69 Å². The van der Waals surface area contributed by atoms with Gasteiger partial charge in [0.25, 0.3) is 11.6 Å². The lowest BCUT2D eigenvalue weighted by Crippen LogP contribution is -2.29. The molecular formula is C18H20N2O6. The van der Waals surface area contributed by atoms with Crippen molar-refractivity contribution in [1.29, 1.82) is 0 Å². The Morgan fingerprint density at radius 1 is 1.15 bits per heavy atom. The highest BCUT2D eigenvalue weighted by molar-refractivity contribution is 5.89. The van der Waals surface area contributed by atoms with Gasteiger partial charge in [0.2, 0.25) is 5.76 Å². The zero-order valence-corrected chi connectivity index (χ0v) is 14.4. The topological polar surface area (TPSA) is 112 Å². The number of carbonyl (C=O) groups excluding carboxylic acids is 2. The minimum absolute atomic E-state index is 0.0371. The van der Waals surface area contributed by atoms with Gasteiger partial charge in [-0.15, -0.1) is 0 Å². The van der Waals surface area contributed by atoms with E-state index in [4.69, 9.17) is 9.15 Å². The fourth-order valence-corrected chi connectivity index (χ4v) is 2.21. The van der Waals surface area contributed by atoms with Gasteiger partial charge >= 0.3 is 5.97 Å². The number of benzene rings is 1. The van der Waals surface area contributed by atoms with E-state index >= 15 is 0 Å². The lowest BCUT2D eigenvalue weighted by atomic mass is 10.1. The zero-order chi connectivity index (χ0) is 18.9. The van der Waals surface area contributed by atoms with Gasteiger partial charge in [-0.3, -0.25) is 14.9 Å². The molecule has 0 saturated heterocycles. The minimum Gasteiger partial charge on any atom is -0.450 e. The van der Waals surface area contributed by atoms with Crippen molar-refractivity contribution in [2.24, 2.45) is 0 Å². The van der Waals surface area contributed by atoms with Crippen molar-refractivity contribution in [2.45, 2.75) is 26.2 Å². The fraction of sp³-hybridized carbons (Fsp3) is 0.333. The van der Waals surface area contributed by atoms with Crippen LogP contribution in [0.1, 0.15) is 36.7 Å². The van der Waals surface area contributed by atoms with Gasteiger partial charge in [0, 0.05) is 24.2 Å². The van der Waals surface area contributed by atoms with E-state index in [2.05, 4.69) is 12.2 Å². The lowest BCUT2D eigenvalue weighted by molar-refractivity contribution is -0.384. The van der Waals surface area contributed by atoms with Crippen molar-refractivity contribution in [3.8, 4) is 11.3 Å². The molecule has 2 aromatic rings. The van der Waals surface area contributed by atoms with Gasteiger partial charge in [-0.2, -0.15) is 0 Å². The molecule has 0 bridgehead atoms.